The van der Waals surface area contributed by atoms with Crippen LogP contribution >= 0.6 is 0 Å². The van der Waals surface area contributed by atoms with Gasteiger partial charge in [0.1, 0.15) is 5.78 Å². The quantitative estimate of drug-likeness (QED) is 0.842. The molecule has 22 heavy (non-hydrogen) atoms. The number of carbonyl (C=O) groups is 2. The second kappa shape index (κ2) is 5.63. The lowest BCUT2D eigenvalue weighted by Crippen LogP contribution is -2.45. The summed E-state index contributed by atoms with van der Waals surface area (Å²) in [6, 6.07) is 5.27. The summed E-state index contributed by atoms with van der Waals surface area (Å²) in [6.07, 6.45) is 2.31. The van der Waals surface area contributed by atoms with Crippen molar-refractivity contribution in [2.75, 3.05) is 14.2 Å². The molecule has 0 aromatic heterocycles. The lowest BCUT2D eigenvalue weighted by atomic mass is 9.74. The number of rotatable bonds is 2. The first-order valence-electron chi connectivity index (χ1n) is 7.70. The SMILES string of the molecule is COc1cccc2c1OC(=O)N(C)C2C1CCCC(C)C1=O. The van der Waals surface area contributed by atoms with E-state index in [-0.39, 0.29) is 23.7 Å². The zero-order valence-electron chi connectivity index (χ0n) is 13.2. The maximum Gasteiger partial charge on any atom is 0.415 e. The minimum absolute atomic E-state index is 0.0548. The average Bonchev–Trinajstić information content (AvgIpc) is 2.51. The molecule has 3 atom stereocenters. The van der Waals surface area contributed by atoms with E-state index in [4.69, 9.17) is 9.47 Å². The molecule has 5 nitrogen and oxygen atoms in total. The van der Waals surface area contributed by atoms with Gasteiger partial charge in [-0.15, -0.1) is 0 Å². The fraction of sp³-hybridized carbons (Fsp3) is 0.529. The van der Waals surface area contributed by atoms with Crippen molar-refractivity contribution in [1.82, 2.24) is 4.90 Å². The van der Waals surface area contributed by atoms with Crippen molar-refractivity contribution in [3.63, 3.8) is 0 Å². The van der Waals surface area contributed by atoms with Crippen molar-refractivity contribution in [3.05, 3.63) is 23.8 Å². The summed E-state index contributed by atoms with van der Waals surface area (Å²) in [6.45, 7) is 1.97. The average molecular weight is 303 g/mol. The van der Waals surface area contributed by atoms with E-state index in [9.17, 15) is 9.59 Å². The molecule has 2 aliphatic rings. The number of hydrogen-bond acceptors (Lipinski definition) is 4. The summed E-state index contributed by atoms with van der Waals surface area (Å²) < 4.78 is 10.7. The number of carbonyl (C=O) groups excluding carboxylic acids is 2. The first-order valence-corrected chi connectivity index (χ1v) is 7.70. The molecule has 1 fully saturated rings. The molecular formula is C17H21NO4. The number of Topliss-reactive ketones (excluding diaryl/α,β-unsaturated/α-hetero) is 1. The van der Waals surface area contributed by atoms with E-state index in [2.05, 4.69) is 0 Å². The molecule has 0 saturated heterocycles. The van der Waals surface area contributed by atoms with Gasteiger partial charge in [0.2, 0.25) is 0 Å². The van der Waals surface area contributed by atoms with E-state index in [1.165, 1.54) is 0 Å². The zero-order valence-corrected chi connectivity index (χ0v) is 13.2. The Kier molecular flexibility index (Phi) is 3.81. The molecule has 0 spiro atoms. The predicted octanol–water partition coefficient (Wildman–Crippen LogP) is 3.19. The third-order valence-electron chi connectivity index (χ3n) is 4.83. The van der Waals surface area contributed by atoms with Crippen LogP contribution in [0, 0.1) is 11.8 Å². The van der Waals surface area contributed by atoms with Crippen molar-refractivity contribution in [3.8, 4) is 11.5 Å². The fourth-order valence-electron chi connectivity index (χ4n) is 3.61. The van der Waals surface area contributed by atoms with E-state index < -0.39 is 6.09 Å². The zero-order chi connectivity index (χ0) is 15.9. The van der Waals surface area contributed by atoms with E-state index in [1.54, 1.807) is 25.1 Å². The molecule has 0 bridgehead atoms. The van der Waals surface area contributed by atoms with Gasteiger partial charge in [0, 0.05) is 24.4 Å². The molecule has 1 heterocycles. The minimum Gasteiger partial charge on any atom is -0.493 e. The van der Waals surface area contributed by atoms with Crippen LogP contribution in [-0.4, -0.2) is 30.9 Å². The van der Waals surface area contributed by atoms with Crippen LogP contribution in [-0.2, 0) is 4.79 Å². The first-order chi connectivity index (χ1) is 10.5. The van der Waals surface area contributed by atoms with Crippen LogP contribution in [0.2, 0.25) is 0 Å². The van der Waals surface area contributed by atoms with Crippen LogP contribution in [0.25, 0.3) is 0 Å². The molecule has 0 radical (unpaired) electrons. The summed E-state index contributed by atoms with van der Waals surface area (Å²) in [4.78, 5) is 26.4. The summed E-state index contributed by atoms with van der Waals surface area (Å²) in [7, 11) is 3.24. The number of fused-ring (bicyclic) bond motifs is 1. The molecule has 1 aromatic rings. The van der Waals surface area contributed by atoms with Crippen LogP contribution in [0.15, 0.2) is 18.2 Å². The third-order valence-corrected chi connectivity index (χ3v) is 4.83. The second-order valence-electron chi connectivity index (χ2n) is 6.14. The second-order valence-corrected chi connectivity index (χ2v) is 6.14. The van der Waals surface area contributed by atoms with E-state index in [0.29, 0.717) is 11.5 Å². The van der Waals surface area contributed by atoms with Gasteiger partial charge < -0.3 is 14.4 Å². The molecule has 1 amide bonds. The molecule has 1 aliphatic heterocycles. The Bertz CT molecular complexity index is 613. The van der Waals surface area contributed by atoms with Gasteiger partial charge in [0.05, 0.1) is 13.2 Å². The molecule has 1 aliphatic carbocycles. The van der Waals surface area contributed by atoms with Crippen molar-refractivity contribution < 1.29 is 19.1 Å². The van der Waals surface area contributed by atoms with E-state index in [1.807, 2.05) is 19.1 Å². The fourth-order valence-corrected chi connectivity index (χ4v) is 3.61. The Morgan fingerprint density at radius 3 is 2.77 bits per heavy atom. The molecule has 1 saturated carbocycles. The Morgan fingerprint density at radius 2 is 2.05 bits per heavy atom. The lowest BCUT2D eigenvalue weighted by molar-refractivity contribution is -0.130. The largest absolute Gasteiger partial charge is 0.493 e. The normalized spacial score (nSPS) is 28.1. The summed E-state index contributed by atoms with van der Waals surface area (Å²) in [5.41, 5.74) is 0.855. The van der Waals surface area contributed by atoms with Crippen LogP contribution < -0.4 is 9.47 Å². The van der Waals surface area contributed by atoms with Gasteiger partial charge in [-0.25, -0.2) is 4.79 Å². The number of ketones is 1. The van der Waals surface area contributed by atoms with Gasteiger partial charge in [-0.1, -0.05) is 25.5 Å². The van der Waals surface area contributed by atoms with Crippen LogP contribution in [0.3, 0.4) is 0 Å². The number of methoxy groups -OCH3 is 1. The smallest absolute Gasteiger partial charge is 0.415 e. The highest BCUT2D eigenvalue weighted by Gasteiger charge is 2.43. The van der Waals surface area contributed by atoms with Gasteiger partial charge in [-0.3, -0.25) is 4.79 Å². The predicted molar refractivity (Wildman–Crippen MR) is 81.0 cm³/mol. The molecule has 5 heteroatoms. The van der Waals surface area contributed by atoms with Crippen molar-refractivity contribution >= 4 is 11.9 Å². The molecule has 3 unspecified atom stereocenters. The number of ether oxygens (including phenoxy) is 2. The van der Waals surface area contributed by atoms with Crippen molar-refractivity contribution in [1.29, 1.82) is 0 Å². The van der Waals surface area contributed by atoms with Crippen LogP contribution in [0.5, 0.6) is 11.5 Å². The number of hydrogen-bond donors (Lipinski definition) is 0. The maximum atomic E-state index is 12.6. The summed E-state index contributed by atoms with van der Waals surface area (Å²) in [5, 5.41) is 0. The Hall–Kier alpha value is -2.04. The van der Waals surface area contributed by atoms with E-state index in [0.717, 1.165) is 24.8 Å². The monoisotopic (exact) mass is 303 g/mol. The number of amides is 1. The van der Waals surface area contributed by atoms with E-state index >= 15 is 0 Å². The van der Waals surface area contributed by atoms with Gasteiger partial charge in [-0.05, 0) is 18.9 Å². The topological polar surface area (TPSA) is 55.8 Å². The molecule has 118 valence electrons. The lowest BCUT2D eigenvalue weighted by Gasteiger charge is -2.40. The molecule has 0 N–H and O–H groups in total. The third kappa shape index (κ3) is 2.25. The Labute approximate surface area is 130 Å². The first kappa shape index (κ1) is 14.9. The summed E-state index contributed by atoms with van der Waals surface area (Å²) in [5.74, 6) is 1.10. The molecule has 3 rings (SSSR count). The number of benzene rings is 1. The van der Waals surface area contributed by atoms with Crippen LogP contribution in [0.1, 0.15) is 37.8 Å². The van der Waals surface area contributed by atoms with Gasteiger partial charge in [-0.2, -0.15) is 0 Å². The highest BCUT2D eigenvalue weighted by Crippen LogP contribution is 2.46. The molecule has 1 aromatic carbocycles. The van der Waals surface area contributed by atoms with Gasteiger partial charge >= 0.3 is 6.09 Å². The number of para-hydroxylation sites is 1. The summed E-state index contributed by atoms with van der Waals surface area (Å²) >= 11 is 0. The minimum atomic E-state index is -0.437. The Balaban J connectivity index is 2.07. The van der Waals surface area contributed by atoms with Crippen molar-refractivity contribution in [2.24, 2.45) is 11.8 Å². The highest BCUT2D eigenvalue weighted by atomic mass is 16.6. The standard InChI is InChI=1S/C17H21NO4/c1-10-6-4-7-11(15(10)19)14-12-8-5-9-13(21-3)16(12)22-17(20)18(14)2/h5,8-11,14H,4,6-7H2,1-3H3. The van der Waals surface area contributed by atoms with Crippen LogP contribution in [0.4, 0.5) is 4.79 Å². The maximum absolute atomic E-state index is 12.6. The van der Waals surface area contributed by atoms with Gasteiger partial charge in [0.15, 0.2) is 11.5 Å². The van der Waals surface area contributed by atoms with Gasteiger partial charge in [0.25, 0.3) is 0 Å². The number of nitrogens with zero attached hydrogens (tertiary/aromatic N) is 1. The molecular weight excluding hydrogens is 282 g/mol. The van der Waals surface area contributed by atoms with Crippen molar-refractivity contribution in [2.45, 2.75) is 32.2 Å². The highest BCUT2D eigenvalue weighted by molar-refractivity contribution is 5.86. The Morgan fingerprint density at radius 1 is 1.27 bits per heavy atom.